The van der Waals surface area contributed by atoms with E-state index in [1.54, 1.807) is 48.5 Å². The van der Waals surface area contributed by atoms with Crippen LogP contribution in [-0.2, 0) is 4.74 Å². The number of ether oxygens (including phenoxy) is 1. The van der Waals surface area contributed by atoms with Gasteiger partial charge in [0, 0.05) is 11.1 Å². The molecule has 0 radical (unpaired) electrons. The van der Waals surface area contributed by atoms with Gasteiger partial charge in [-0.15, -0.1) is 5.10 Å². The number of hydrogen-bond donors (Lipinski definition) is 0. The molecule has 0 amide bonds. The van der Waals surface area contributed by atoms with Crippen molar-refractivity contribution in [3.05, 3.63) is 76.6 Å². The predicted molar refractivity (Wildman–Crippen MR) is 86.0 cm³/mol. The largest absolute Gasteiger partial charge is 0.465 e. The van der Waals surface area contributed by atoms with Crippen LogP contribution >= 0.6 is 0 Å². The number of esters is 1. The Bertz CT molecular complexity index is 1030. The standard InChI is InChI=1S/C18H11N3O4/c1-25-18(24)10-6-8-11(9-7-10)21-15-14(19-20-21)16(22)12-4-2-3-5-13(12)17(15)23/h2-9H,1H3. The van der Waals surface area contributed by atoms with Crippen molar-refractivity contribution >= 4 is 17.5 Å². The third kappa shape index (κ3) is 2.17. The van der Waals surface area contributed by atoms with Crippen LogP contribution in [0.3, 0.4) is 0 Å². The molecule has 0 saturated heterocycles. The van der Waals surface area contributed by atoms with Gasteiger partial charge in [-0.3, -0.25) is 9.59 Å². The summed E-state index contributed by atoms with van der Waals surface area (Å²) in [6.07, 6.45) is 0. The zero-order valence-corrected chi connectivity index (χ0v) is 13.1. The summed E-state index contributed by atoms with van der Waals surface area (Å²) in [5.41, 5.74) is 1.69. The van der Waals surface area contributed by atoms with Crippen molar-refractivity contribution in [3.8, 4) is 5.69 Å². The van der Waals surface area contributed by atoms with E-state index in [4.69, 9.17) is 0 Å². The molecule has 0 saturated carbocycles. The van der Waals surface area contributed by atoms with E-state index in [1.165, 1.54) is 11.8 Å². The van der Waals surface area contributed by atoms with Gasteiger partial charge in [0.15, 0.2) is 5.69 Å². The maximum absolute atomic E-state index is 12.8. The van der Waals surface area contributed by atoms with Crippen LogP contribution in [0.15, 0.2) is 48.5 Å². The lowest BCUT2D eigenvalue weighted by molar-refractivity contribution is 0.0600. The molecule has 0 fully saturated rings. The molecule has 1 aliphatic rings. The van der Waals surface area contributed by atoms with Gasteiger partial charge >= 0.3 is 5.97 Å². The van der Waals surface area contributed by atoms with Gasteiger partial charge in [-0.05, 0) is 24.3 Å². The second kappa shape index (κ2) is 5.48. The van der Waals surface area contributed by atoms with Crippen molar-refractivity contribution in [2.75, 3.05) is 7.11 Å². The number of aromatic nitrogens is 3. The molecule has 7 heteroatoms. The van der Waals surface area contributed by atoms with Crippen LogP contribution < -0.4 is 0 Å². The average molecular weight is 333 g/mol. The molecule has 0 spiro atoms. The molecule has 1 aromatic heterocycles. The summed E-state index contributed by atoms with van der Waals surface area (Å²) >= 11 is 0. The highest BCUT2D eigenvalue weighted by Gasteiger charge is 2.35. The zero-order chi connectivity index (χ0) is 17.6. The molecule has 2 aromatic carbocycles. The maximum atomic E-state index is 12.8. The highest BCUT2D eigenvalue weighted by molar-refractivity contribution is 6.27. The quantitative estimate of drug-likeness (QED) is 0.520. The number of carbonyl (C=O) groups is 3. The van der Waals surface area contributed by atoms with Crippen molar-refractivity contribution in [2.45, 2.75) is 0 Å². The highest BCUT2D eigenvalue weighted by atomic mass is 16.5. The van der Waals surface area contributed by atoms with Crippen LogP contribution in [0, 0.1) is 0 Å². The van der Waals surface area contributed by atoms with Gasteiger partial charge in [-0.25, -0.2) is 9.48 Å². The van der Waals surface area contributed by atoms with Crippen molar-refractivity contribution in [1.29, 1.82) is 0 Å². The lowest BCUT2D eigenvalue weighted by Crippen LogP contribution is -2.23. The van der Waals surface area contributed by atoms with Crippen LogP contribution in [0.4, 0.5) is 0 Å². The first-order chi connectivity index (χ1) is 12.1. The van der Waals surface area contributed by atoms with E-state index in [0.717, 1.165) is 0 Å². The molecule has 0 bridgehead atoms. The molecule has 122 valence electrons. The number of ketones is 2. The number of methoxy groups -OCH3 is 1. The van der Waals surface area contributed by atoms with Gasteiger partial charge in [-0.2, -0.15) is 0 Å². The molecule has 0 N–H and O–H groups in total. The third-order valence-electron chi connectivity index (χ3n) is 4.05. The lowest BCUT2D eigenvalue weighted by atomic mass is 9.90. The third-order valence-corrected chi connectivity index (χ3v) is 4.05. The number of nitrogens with zero attached hydrogens (tertiary/aromatic N) is 3. The Balaban J connectivity index is 1.82. The summed E-state index contributed by atoms with van der Waals surface area (Å²) in [5.74, 6) is -1.11. The predicted octanol–water partition coefficient (Wildman–Crippen LogP) is 1.83. The van der Waals surface area contributed by atoms with E-state index in [1.807, 2.05) is 0 Å². The van der Waals surface area contributed by atoms with Gasteiger partial charge in [-0.1, -0.05) is 29.5 Å². The molecular weight excluding hydrogens is 322 g/mol. The van der Waals surface area contributed by atoms with Crippen molar-refractivity contribution in [3.63, 3.8) is 0 Å². The maximum Gasteiger partial charge on any atom is 0.337 e. The SMILES string of the molecule is COC(=O)c1ccc(-n2nnc3c2C(=O)c2ccccc2C3=O)cc1. The number of benzene rings is 2. The van der Waals surface area contributed by atoms with Gasteiger partial charge < -0.3 is 4.74 Å². The Hall–Kier alpha value is -3.61. The summed E-state index contributed by atoms with van der Waals surface area (Å²) in [6, 6.07) is 12.9. The van der Waals surface area contributed by atoms with E-state index >= 15 is 0 Å². The van der Waals surface area contributed by atoms with Crippen LogP contribution in [0.5, 0.6) is 0 Å². The molecule has 0 aliphatic heterocycles. The first-order valence-corrected chi connectivity index (χ1v) is 7.44. The van der Waals surface area contributed by atoms with E-state index in [0.29, 0.717) is 22.4 Å². The Morgan fingerprint density at radius 3 is 2.24 bits per heavy atom. The average Bonchev–Trinajstić information content (AvgIpc) is 3.11. The normalized spacial score (nSPS) is 12.5. The minimum absolute atomic E-state index is 0.0285. The fraction of sp³-hybridized carbons (Fsp3) is 0.0556. The fourth-order valence-corrected chi connectivity index (χ4v) is 2.81. The van der Waals surface area contributed by atoms with Crippen LogP contribution in [0.2, 0.25) is 0 Å². The number of hydrogen-bond acceptors (Lipinski definition) is 6. The van der Waals surface area contributed by atoms with Gasteiger partial charge in [0.05, 0.1) is 18.4 Å². The molecule has 3 aromatic rings. The van der Waals surface area contributed by atoms with Crippen molar-refractivity contribution in [1.82, 2.24) is 15.0 Å². The molecule has 4 rings (SSSR count). The number of carbonyl (C=O) groups excluding carboxylic acids is 3. The summed E-state index contributed by atoms with van der Waals surface area (Å²) in [7, 11) is 1.30. The van der Waals surface area contributed by atoms with Gasteiger partial charge in [0.2, 0.25) is 11.6 Å². The Morgan fingerprint density at radius 1 is 0.960 bits per heavy atom. The first kappa shape index (κ1) is 14.9. The molecule has 1 heterocycles. The van der Waals surface area contributed by atoms with E-state index in [2.05, 4.69) is 15.0 Å². The zero-order valence-electron chi connectivity index (χ0n) is 13.1. The Kier molecular flexibility index (Phi) is 3.28. The van der Waals surface area contributed by atoms with Crippen molar-refractivity contribution in [2.24, 2.45) is 0 Å². The van der Waals surface area contributed by atoms with Gasteiger partial charge in [0.1, 0.15) is 5.69 Å². The molecule has 0 unspecified atom stereocenters. The molecule has 0 atom stereocenters. The topological polar surface area (TPSA) is 91.2 Å². The molecule has 1 aliphatic carbocycles. The monoisotopic (exact) mass is 333 g/mol. The van der Waals surface area contributed by atoms with E-state index in [9.17, 15) is 14.4 Å². The van der Waals surface area contributed by atoms with Crippen LogP contribution in [0.25, 0.3) is 5.69 Å². The van der Waals surface area contributed by atoms with Crippen molar-refractivity contribution < 1.29 is 19.1 Å². The summed E-state index contributed by atoms with van der Waals surface area (Å²) < 4.78 is 5.97. The van der Waals surface area contributed by atoms with Crippen LogP contribution in [0.1, 0.15) is 42.5 Å². The molecular formula is C18H11N3O4. The fourth-order valence-electron chi connectivity index (χ4n) is 2.81. The number of fused-ring (bicyclic) bond motifs is 2. The minimum Gasteiger partial charge on any atom is -0.465 e. The van der Waals surface area contributed by atoms with Crippen LogP contribution in [-0.4, -0.2) is 39.6 Å². The van der Waals surface area contributed by atoms with E-state index < -0.39 is 5.97 Å². The Labute approximate surface area is 141 Å². The summed E-state index contributed by atoms with van der Waals surface area (Å²) in [4.78, 5) is 36.9. The molecule has 25 heavy (non-hydrogen) atoms. The smallest absolute Gasteiger partial charge is 0.337 e. The minimum atomic E-state index is -0.465. The Morgan fingerprint density at radius 2 is 1.60 bits per heavy atom. The number of rotatable bonds is 2. The summed E-state index contributed by atoms with van der Waals surface area (Å²) in [5, 5.41) is 7.84. The second-order valence-electron chi connectivity index (χ2n) is 5.44. The molecule has 7 nitrogen and oxygen atoms in total. The van der Waals surface area contributed by atoms with E-state index in [-0.39, 0.29) is 23.0 Å². The lowest BCUT2D eigenvalue weighted by Gasteiger charge is -2.14. The first-order valence-electron chi connectivity index (χ1n) is 7.44. The second-order valence-corrected chi connectivity index (χ2v) is 5.44. The summed E-state index contributed by atoms with van der Waals surface area (Å²) in [6.45, 7) is 0. The highest BCUT2D eigenvalue weighted by Crippen LogP contribution is 2.27. The van der Waals surface area contributed by atoms with Gasteiger partial charge in [0.25, 0.3) is 0 Å².